The van der Waals surface area contributed by atoms with Crippen molar-refractivity contribution in [3.05, 3.63) is 54.2 Å². The number of fused-ring (bicyclic) bond motifs is 1. The second-order valence-electron chi connectivity index (χ2n) is 5.06. The number of nitrogens with one attached hydrogen (secondary N) is 3. The van der Waals surface area contributed by atoms with Crippen molar-refractivity contribution in [2.75, 3.05) is 11.9 Å². The largest absolute Gasteiger partial charge is 0.494 e. The maximum absolute atomic E-state index is 12.0. The Morgan fingerprint density at radius 3 is 2.83 bits per heavy atom. The maximum Gasteiger partial charge on any atom is 0.319 e. The molecular weight excluding hydrogens is 292 g/mol. The van der Waals surface area contributed by atoms with Gasteiger partial charge in [-0.25, -0.2) is 4.79 Å². The highest BCUT2D eigenvalue weighted by atomic mass is 16.5. The van der Waals surface area contributed by atoms with Crippen LogP contribution in [0.4, 0.5) is 10.5 Å². The Morgan fingerprint density at radius 1 is 1.22 bits per heavy atom. The summed E-state index contributed by atoms with van der Waals surface area (Å²) in [4.78, 5) is 12.0. The molecule has 0 fully saturated rings. The van der Waals surface area contributed by atoms with Crippen LogP contribution >= 0.6 is 0 Å². The van der Waals surface area contributed by atoms with E-state index in [-0.39, 0.29) is 6.03 Å². The third-order valence-electron chi connectivity index (χ3n) is 3.39. The molecule has 0 spiro atoms. The van der Waals surface area contributed by atoms with Crippen LogP contribution in [0.3, 0.4) is 0 Å². The summed E-state index contributed by atoms with van der Waals surface area (Å²) in [6.07, 6.45) is 1.74. The van der Waals surface area contributed by atoms with Crippen LogP contribution in [0.25, 0.3) is 10.9 Å². The molecule has 2 amide bonds. The Kier molecular flexibility index (Phi) is 4.42. The number of aromatic amines is 1. The molecule has 0 bridgehead atoms. The smallest absolute Gasteiger partial charge is 0.319 e. The molecule has 0 aliphatic carbocycles. The van der Waals surface area contributed by atoms with Crippen LogP contribution in [0.1, 0.15) is 12.5 Å². The van der Waals surface area contributed by atoms with Gasteiger partial charge in [0.05, 0.1) is 18.3 Å². The lowest BCUT2D eigenvalue weighted by molar-refractivity contribution is 0.251. The fourth-order valence-corrected chi connectivity index (χ4v) is 2.24. The number of aromatic nitrogens is 2. The molecule has 2 aromatic carbocycles. The normalized spacial score (nSPS) is 10.5. The Bertz CT molecular complexity index is 796. The number of carbonyl (C=O) groups excluding carboxylic acids is 1. The third kappa shape index (κ3) is 3.79. The van der Waals surface area contributed by atoms with Crippen molar-refractivity contribution >= 4 is 22.6 Å². The van der Waals surface area contributed by atoms with Gasteiger partial charge >= 0.3 is 6.03 Å². The van der Waals surface area contributed by atoms with Gasteiger partial charge in [-0.15, -0.1) is 0 Å². The minimum Gasteiger partial charge on any atom is -0.494 e. The Labute approximate surface area is 133 Å². The zero-order valence-electron chi connectivity index (χ0n) is 12.8. The number of ether oxygens (including phenoxy) is 1. The zero-order valence-corrected chi connectivity index (χ0v) is 12.8. The van der Waals surface area contributed by atoms with Gasteiger partial charge in [0.2, 0.25) is 0 Å². The van der Waals surface area contributed by atoms with Crippen LogP contribution in [-0.4, -0.2) is 22.8 Å². The standard InChI is InChI=1S/C17H18N4O2/c1-2-23-15-7-3-12(4-8-15)10-18-17(22)20-14-6-5-13-11-19-21-16(13)9-14/h3-9,11H,2,10H2,1H3,(H,19,21)(H2,18,20,22). The van der Waals surface area contributed by atoms with Gasteiger partial charge in [-0.2, -0.15) is 5.10 Å². The number of carbonyl (C=O) groups is 1. The summed E-state index contributed by atoms with van der Waals surface area (Å²) in [6, 6.07) is 13.0. The van der Waals surface area contributed by atoms with Crippen LogP contribution in [-0.2, 0) is 6.54 Å². The van der Waals surface area contributed by atoms with Crippen LogP contribution in [0.15, 0.2) is 48.7 Å². The second-order valence-corrected chi connectivity index (χ2v) is 5.06. The average molecular weight is 310 g/mol. The third-order valence-corrected chi connectivity index (χ3v) is 3.39. The quantitative estimate of drug-likeness (QED) is 0.676. The molecule has 23 heavy (non-hydrogen) atoms. The molecule has 3 aromatic rings. The Balaban J connectivity index is 1.54. The van der Waals surface area contributed by atoms with Crippen molar-refractivity contribution in [1.82, 2.24) is 15.5 Å². The molecule has 3 rings (SSSR count). The summed E-state index contributed by atoms with van der Waals surface area (Å²) in [5.41, 5.74) is 2.60. The van der Waals surface area contributed by atoms with E-state index in [1.807, 2.05) is 49.4 Å². The lowest BCUT2D eigenvalue weighted by Crippen LogP contribution is -2.28. The highest BCUT2D eigenvalue weighted by molar-refractivity contribution is 5.92. The van der Waals surface area contributed by atoms with E-state index < -0.39 is 0 Å². The van der Waals surface area contributed by atoms with Gasteiger partial charge < -0.3 is 15.4 Å². The zero-order chi connectivity index (χ0) is 16.1. The predicted octanol–water partition coefficient (Wildman–Crippen LogP) is 3.28. The number of hydrogen-bond acceptors (Lipinski definition) is 3. The molecule has 0 aliphatic rings. The first-order valence-electron chi connectivity index (χ1n) is 7.44. The molecule has 3 N–H and O–H groups in total. The Hall–Kier alpha value is -3.02. The first kappa shape index (κ1) is 14.9. The van der Waals surface area contributed by atoms with Crippen molar-refractivity contribution in [2.24, 2.45) is 0 Å². The first-order chi connectivity index (χ1) is 11.2. The number of amides is 2. The molecule has 0 aliphatic heterocycles. The molecule has 0 saturated heterocycles. The van der Waals surface area contributed by atoms with Crippen LogP contribution < -0.4 is 15.4 Å². The van der Waals surface area contributed by atoms with Gasteiger partial charge in [-0.1, -0.05) is 12.1 Å². The number of H-pyrrole nitrogens is 1. The second kappa shape index (κ2) is 6.83. The van der Waals surface area contributed by atoms with Gasteiger partial charge in [0, 0.05) is 17.6 Å². The van der Waals surface area contributed by atoms with Gasteiger partial charge in [0.25, 0.3) is 0 Å². The minimum absolute atomic E-state index is 0.252. The highest BCUT2D eigenvalue weighted by Gasteiger charge is 2.04. The van der Waals surface area contributed by atoms with E-state index in [2.05, 4.69) is 20.8 Å². The fraction of sp³-hybridized carbons (Fsp3) is 0.176. The van der Waals surface area contributed by atoms with Crippen molar-refractivity contribution in [3.8, 4) is 5.75 Å². The lowest BCUT2D eigenvalue weighted by atomic mass is 10.2. The van der Waals surface area contributed by atoms with E-state index in [1.54, 1.807) is 6.20 Å². The number of anilines is 1. The maximum atomic E-state index is 12.0. The predicted molar refractivity (Wildman–Crippen MR) is 89.6 cm³/mol. The SMILES string of the molecule is CCOc1ccc(CNC(=O)Nc2ccc3cn[nH]c3c2)cc1. The Morgan fingerprint density at radius 2 is 2.04 bits per heavy atom. The van der Waals surface area contributed by atoms with Crippen LogP contribution in [0.5, 0.6) is 5.75 Å². The van der Waals surface area contributed by atoms with Gasteiger partial charge in [0.1, 0.15) is 5.75 Å². The molecule has 6 nitrogen and oxygen atoms in total. The minimum atomic E-state index is -0.252. The number of hydrogen-bond donors (Lipinski definition) is 3. The van der Waals surface area contributed by atoms with Crippen molar-refractivity contribution < 1.29 is 9.53 Å². The van der Waals surface area contributed by atoms with Crippen molar-refractivity contribution in [2.45, 2.75) is 13.5 Å². The van der Waals surface area contributed by atoms with Crippen molar-refractivity contribution in [3.63, 3.8) is 0 Å². The monoisotopic (exact) mass is 310 g/mol. The summed E-state index contributed by atoms with van der Waals surface area (Å²) in [6.45, 7) is 3.03. The molecule has 1 aromatic heterocycles. The number of rotatable bonds is 5. The van der Waals surface area contributed by atoms with E-state index in [9.17, 15) is 4.79 Å². The number of urea groups is 1. The van der Waals surface area contributed by atoms with E-state index in [4.69, 9.17) is 4.74 Å². The summed E-state index contributed by atoms with van der Waals surface area (Å²) >= 11 is 0. The summed E-state index contributed by atoms with van der Waals surface area (Å²) in [7, 11) is 0. The average Bonchev–Trinajstić information content (AvgIpc) is 3.02. The van der Waals surface area contributed by atoms with Gasteiger partial charge in [0.15, 0.2) is 0 Å². The van der Waals surface area contributed by atoms with Gasteiger partial charge in [-0.05, 0) is 42.8 Å². The van der Waals surface area contributed by atoms with Crippen molar-refractivity contribution in [1.29, 1.82) is 0 Å². The molecule has 6 heteroatoms. The molecular formula is C17H18N4O2. The molecule has 0 saturated carbocycles. The van der Waals surface area contributed by atoms with E-state index in [0.29, 0.717) is 18.8 Å². The molecule has 0 radical (unpaired) electrons. The fourth-order valence-electron chi connectivity index (χ4n) is 2.24. The summed E-state index contributed by atoms with van der Waals surface area (Å²) < 4.78 is 5.39. The molecule has 0 unspecified atom stereocenters. The van der Waals surface area contributed by atoms with Gasteiger partial charge in [-0.3, -0.25) is 5.10 Å². The highest BCUT2D eigenvalue weighted by Crippen LogP contribution is 2.16. The summed E-state index contributed by atoms with van der Waals surface area (Å²) in [5, 5.41) is 13.5. The van der Waals surface area contributed by atoms with Crippen LogP contribution in [0, 0.1) is 0 Å². The lowest BCUT2D eigenvalue weighted by Gasteiger charge is -2.08. The van der Waals surface area contributed by atoms with E-state index >= 15 is 0 Å². The number of nitrogens with zero attached hydrogens (tertiary/aromatic N) is 1. The number of benzene rings is 2. The summed E-state index contributed by atoms with van der Waals surface area (Å²) in [5.74, 6) is 0.827. The van der Waals surface area contributed by atoms with E-state index in [0.717, 1.165) is 22.2 Å². The van der Waals surface area contributed by atoms with Crippen LogP contribution in [0.2, 0.25) is 0 Å². The topological polar surface area (TPSA) is 79.0 Å². The molecule has 0 atom stereocenters. The molecule has 1 heterocycles. The first-order valence-corrected chi connectivity index (χ1v) is 7.44. The molecule has 118 valence electrons. The van der Waals surface area contributed by atoms with E-state index in [1.165, 1.54) is 0 Å².